The zero-order chi connectivity index (χ0) is 21.0. The number of hydrogen-bond donors (Lipinski definition) is 0. The van der Waals surface area contributed by atoms with Gasteiger partial charge in [-0.15, -0.1) is 0 Å². The lowest BCUT2D eigenvalue weighted by Crippen LogP contribution is -2.41. The number of carbonyl (C=O) groups excluding carboxylic acids is 1. The van der Waals surface area contributed by atoms with E-state index in [-0.39, 0.29) is 12.5 Å². The number of aromatic nitrogens is 1. The molecular weight excluding hydrogens is 385 g/mol. The molecule has 3 rings (SSSR count). The van der Waals surface area contributed by atoms with Crippen LogP contribution in [0.25, 0.3) is 0 Å². The van der Waals surface area contributed by atoms with Crippen LogP contribution in [0.1, 0.15) is 24.0 Å². The van der Waals surface area contributed by atoms with Crippen molar-refractivity contribution in [3.63, 3.8) is 0 Å². The van der Waals surface area contributed by atoms with Crippen LogP contribution >= 0.6 is 0 Å². The fourth-order valence-electron chi connectivity index (χ4n) is 3.55. The molecule has 1 saturated heterocycles. The Labute approximate surface area is 166 Å². The molecule has 0 aliphatic carbocycles. The van der Waals surface area contributed by atoms with Crippen LogP contribution < -0.4 is 10.3 Å². The minimum Gasteiger partial charge on any atom is -0.497 e. The summed E-state index contributed by atoms with van der Waals surface area (Å²) in [5, 5.41) is 0. The monoisotopic (exact) mass is 408 g/mol. The molecule has 1 fully saturated rings. The van der Waals surface area contributed by atoms with Gasteiger partial charge < -0.3 is 14.2 Å². The van der Waals surface area contributed by atoms with Gasteiger partial charge in [0.2, 0.25) is 5.91 Å². The van der Waals surface area contributed by atoms with E-state index in [9.17, 15) is 22.8 Å². The highest BCUT2D eigenvalue weighted by molar-refractivity contribution is 5.76. The molecule has 0 N–H and O–H groups in total. The minimum atomic E-state index is -4.56. The number of ether oxygens (including phenoxy) is 1. The first-order valence-electron chi connectivity index (χ1n) is 9.44. The van der Waals surface area contributed by atoms with Crippen molar-refractivity contribution in [2.24, 2.45) is 5.92 Å². The molecule has 2 aromatic rings. The normalized spacial score (nSPS) is 15.4. The number of carbonyl (C=O) groups is 1. The number of nitrogens with zero attached hydrogens (tertiary/aromatic N) is 2. The molecule has 0 spiro atoms. The highest BCUT2D eigenvalue weighted by Crippen LogP contribution is 2.28. The quantitative estimate of drug-likeness (QED) is 0.763. The van der Waals surface area contributed by atoms with Gasteiger partial charge in [-0.25, -0.2) is 0 Å². The van der Waals surface area contributed by atoms with E-state index in [1.165, 1.54) is 5.56 Å². The third-order valence-electron chi connectivity index (χ3n) is 5.27. The fourth-order valence-corrected chi connectivity index (χ4v) is 3.55. The minimum absolute atomic E-state index is 0.339. The van der Waals surface area contributed by atoms with Crippen molar-refractivity contribution in [3.05, 3.63) is 64.1 Å². The Morgan fingerprint density at radius 2 is 1.76 bits per heavy atom. The predicted molar refractivity (Wildman–Crippen MR) is 102 cm³/mol. The van der Waals surface area contributed by atoms with Crippen molar-refractivity contribution in [2.75, 3.05) is 20.2 Å². The molecule has 0 bridgehead atoms. The highest BCUT2D eigenvalue weighted by atomic mass is 19.4. The summed E-state index contributed by atoms with van der Waals surface area (Å²) < 4.78 is 44.5. The summed E-state index contributed by atoms with van der Waals surface area (Å²) in [4.78, 5) is 25.9. The third kappa shape index (κ3) is 5.40. The molecule has 2 heterocycles. The van der Waals surface area contributed by atoms with Gasteiger partial charge in [0.25, 0.3) is 5.56 Å². The summed E-state index contributed by atoms with van der Waals surface area (Å²) in [7, 11) is 1.62. The Bertz CT molecular complexity index is 899. The molecule has 0 radical (unpaired) electrons. The molecule has 1 aliphatic rings. The number of hydrogen-bond acceptors (Lipinski definition) is 3. The summed E-state index contributed by atoms with van der Waals surface area (Å²) in [5.41, 5.74) is -0.366. The van der Waals surface area contributed by atoms with Crippen molar-refractivity contribution in [2.45, 2.75) is 32.0 Å². The summed E-state index contributed by atoms with van der Waals surface area (Å²) in [6, 6.07) is 9.46. The van der Waals surface area contributed by atoms with Gasteiger partial charge in [0, 0.05) is 25.4 Å². The van der Waals surface area contributed by atoms with Crippen LogP contribution in [0.4, 0.5) is 13.2 Å². The van der Waals surface area contributed by atoms with Crippen molar-refractivity contribution in [3.8, 4) is 5.75 Å². The smallest absolute Gasteiger partial charge is 0.417 e. The van der Waals surface area contributed by atoms with Crippen molar-refractivity contribution in [1.82, 2.24) is 9.47 Å². The second-order valence-electron chi connectivity index (χ2n) is 7.26. The number of piperidine rings is 1. The zero-order valence-corrected chi connectivity index (χ0v) is 16.1. The standard InChI is InChI=1S/C21H23F3N2O3/c1-29-18-5-2-15(3-6-18)12-16-8-10-25(11-9-16)20(28)14-26-13-17(21(22,23)24)4-7-19(26)27/h2-7,13,16H,8-12,14H2,1H3. The highest BCUT2D eigenvalue weighted by Gasteiger charge is 2.31. The van der Waals surface area contributed by atoms with Crippen molar-refractivity contribution < 1.29 is 22.7 Å². The van der Waals surface area contributed by atoms with Gasteiger partial charge in [-0.3, -0.25) is 9.59 Å². The average molecular weight is 408 g/mol. The number of alkyl halides is 3. The Balaban J connectivity index is 1.55. The van der Waals surface area contributed by atoms with Crippen LogP contribution in [0, 0.1) is 5.92 Å². The summed E-state index contributed by atoms with van der Waals surface area (Å²) in [6.07, 6.45) is -1.32. The molecule has 1 amide bonds. The first-order chi connectivity index (χ1) is 13.8. The maximum absolute atomic E-state index is 12.8. The predicted octanol–water partition coefficient (Wildman–Crippen LogP) is 3.36. The molecule has 0 unspecified atom stereocenters. The van der Waals surface area contributed by atoms with Crippen molar-refractivity contribution >= 4 is 5.91 Å². The van der Waals surface area contributed by atoms with Crippen LogP contribution in [0.3, 0.4) is 0 Å². The molecule has 8 heteroatoms. The van der Waals surface area contributed by atoms with Crippen LogP contribution in [-0.2, 0) is 23.9 Å². The van der Waals surface area contributed by atoms with Gasteiger partial charge in [0.1, 0.15) is 12.3 Å². The topological polar surface area (TPSA) is 51.5 Å². The van der Waals surface area contributed by atoms with E-state index < -0.39 is 17.3 Å². The molecule has 0 atom stereocenters. The van der Waals surface area contributed by atoms with Gasteiger partial charge in [-0.1, -0.05) is 12.1 Å². The molecule has 1 aromatic heterocycles. The van der Waals surface area contributed by atoms with Gasteiger partial charge in [0.05, 0.1) is 12.7 Å². The van der Waals surface area contributed by atoms with Gasteiger partial charge in [-0.2, -0.15) is 13.2 Å². The SMILES string of the molecule is COc1ccc(CC2CCN(C(=O)Cn3cc(C(F)(F)F)ccc3=O)CC2)cc1. The lowest BCUT2D eigenvalue weighted by Gasteiger charge is -2.32. The summed E-state index contributed by atoms with van der Waals surface area (Å²) >= 11 is 0. The average Bonchev–Trinajstić information content (AvgIpc) is 2.70. The van der Waals surface area contributed by atoms with E-state index in [2.05, 4.69) is 0 Å². The van der Waals surface area contributed by atoms with E-state index in [0.717, 1.165) is 41.7 Å². The van der Waals surface area contributed by atoms with E-state index in [1.807, 2.05) is 24.3 Å². The van der Waals surface area contributed by atoms with Crippen LogP contribution in [0.5, 0.6) is 5.75 Å². The van der Waals surface area contributed by atoms with Crippen molar-refractivity contribution in [1.29, 1.82) is 0 Å². The number of amides is 1. The van der Waals surface area contributed by atoms with Crippen LogP contribution in [0.2, 0.25) is 0 Å². The second kappa shape index (κ2) is 8.71. The fraction of sp³-hybridized carbons (Fsp3) is 0.429. The van der Waals surface area contributed by atoms with Gasteiger partial charge in [-0.05, 0) is 48.9 Å². The van der Waals surface area contributed by atoms with E-state index in [4.69, 9.17) is 4.74 Å². The lowest BCUT2D eigenvalue weighted by molar-refractivity contribution is -0.139. The zero-order valence-electron chi connectivity index (χ0n) is 16.1. The van der Waals surface area contributed by atoms with Gasteiger partial charge in [0.15, 0.2) is 0 Å². The number of methoxy groups -OCH3 is 1. The molecule has 0 saturated carbocycles. The number of halogens is 3. The molecule has 156 valence electrons. The Morgan fingerprint density at radius 3 is 2.34 bits per heavy atom. The van der Waals surface area contributed by atoms with Gasteiger partial charge >= 0.3 is 6.18 Å². The number of pyridine rings is 1. The molecule has 1 aliphatic heterocycles. The number of rotatable bonds is 5. The Morgan fingerprint density at radius 1 is 1.10 bits per heavy atom. The van der Waals surface area contributed by atoms with E-state index in [1.54, 1.807) is 12.0 Å². The lowest BCUT2D eigenvalue weighted by atomic mass is 9.90. The first kappa shape index (κ1) is 21.0. The molecule has 5 nitrogen and oxygen atoms in total. The van der Waals surface area contributed by atoms with Crippen LogP contribution in [-0.4, -0.2) is 35.6 Å². The number of likely N-dealkylation sites (tertiary alicyclic amines) is 1. The molecule has 1 aromatic carbocycles. The maximum atomic E-state index is 12.8. The Kier molecular flexibility index (Phi) is 6.30. The number of benzene rings is 1. The summed E-state index contributed by atoms with van der Waals surface area (Å²) in [5.74, 6) is 0.900. The maximum Gasteiger partial charge on any atom is 0.417 e. The summed E-state index contributed by atoms with van der Waals surface area (Å²) in [6.45, 7) is 0.687. The first-order valence-corrected chi connectivity index (χ1v) is 9.44. The molecular formula is C21H23F3N2O3. The second-order valence-corrected chi connectivity index (χ2v) is 7.26. The van der Waals surface area contributed by atoms with E-state index >= 15 is 0 Å². The third-order valence-corrected chi connectivity index (χ3v) is 5.27. The largest absolute Gasteiger partial charge is 0.497 e. The van der Waals surface area contributed by atoms with E-state index in [0.29, 0.717) is 25.2 Å². The molecule has 29 heavy (non-hydrogen) atoms. The van der Waals surface area contributed by atoms with Crippen LogP contribution in [0.15, 0.2) is 47.4 Å². The Hall–Kier alpha value is -2.77.